The van der Waals surface area contributed by atoms with Crippen molar-refractivity contribution in [1.29, 1.82) is 0 Å². The molecule has 0 spiro atoms. The largest absolute Gasteiger partial charge is 0.338 e. The smallest absolute Gasteiger partial charge is 0.254 e. The van der Waals surface area contributed by atoms with Crippen molar-refractivity contribution >= 4 is 21.8 Å². The number of hydrogen-bond donors (Lipinski definition) is 0. The first-order valence-corrected chi connectivity index (χ1v) is 8.50. The van der Waals surface area contributed by atoms with Gasteiger partial charge in [-0.05, 0) is 49.3 Å². The average Bonchev–Trinajstić information content (AvgIpc) is 2.49. The van der Waals surface area contributed by atoms with Crippen molar-refractivity contribution in [2.75, 3.05) is 13.1 Å². The van der Waals surface area contributed by atoms with Crippen molar-refractivity contribution in [1.82, 2.24) is 4.90 Å². The summed E-state index contributed by atoms with van der Waals surface area (Å²) in [6.45, 7) is 3.92. The molecule has 2 fully saturated rings. The summed E-state index contributed by atoms with van der Waals surface area (Å²) >= 11 is 3.52. The topological polar surface area (TPSA) is 20.3 Å². The molecule has 2 unspecified atom stereocenters. The average molecular weight is 336 g/mol. The van der Waals surface area contributed by atoms with Crippen LogP contribution in [0.5, 0.6) is 0 Å². The summed E-state index contributed by atoms with van der Waals surface area (Å²) in [4.78, 5) is 14.8. The highest BCUT2D eigenvalue weighted by Gasteiger charge is 2.33. The van der Waals surface area contributed by atoms with Gasteiger partial charge in [0.05, 0.1) is 0 Å². The van der Waals surface area contributed by atoms with Crippen molar-refractivity contribution in [3.05, 3.63) is 33.8 Å². The first-order chi connectivity index (χ1) is 9.66. The van der Waals surface area contributed by atoms with Gasteiger partial charge in [0.25, 0.3) is 5.91 Å². The second kappa shape index (κ2) is 5.88. The van der Waals surface area contributed by atoms with Gasteiger partial charge in [-0.2, -0.15) is 0 Å². The van der Waals surface area contributed by atoms with Crippen LogP contribution in [0.3, 0.4) is 0 Å². The second-order valence-electron chi connectivity index (χ2n) is 6.26. The van der Waals surface area contributed by atoms with Crippen LogP contribution in [-0.2, 0) is 0 Å². The zero-order chi connectivity index (χ0) is 14.1. The maximum absolute atomic E-state index is 12.8. The number of halogens is 1. The number of hydrogen-bond acceptors (Lipinski definition) is 1. The molecule has 1 aromatic rings. The molecule has 20 heavy (non-hydrogen) atoms. The molecular formula is C17H22BrNO. The molecule has 0 N–H and O–H groups in total. The summed E-state index contributed by atoms with van der Waals surface area (Å²) in [6.07, 6.45) is 6.62. The van der Waals surface area contributed by atoms with Gasteiger partial charge in [0.15, 0.2) is 0 Å². The quantitative estimate of drug-likeness (QED) is 0.744. The van der Waals surface area contributed by atoms with Crippen molar-refractivity contribution in [3.63, 3.8) is 0 Å². The Balaban J connectivity index is 1.76. The highest BCUT2D eigenvalue weighted by Crippen LogP contribution is 2.36. The minimum atomic E-state index is 0.216. The van der Waals surface area contributed by atoms with Gasteiger partial charge < -0.3 is 4.90 Å². The summed E-state index contributed by atoms with van der Waals surface area (Å²) in [5.41, 5.74) is 1.91. The molecule has 1 aromatic carbocycles. The molecular weight excluding hydrogens is 314 g/mol. The van der Waals surface area contributed by atoms with Gasteiger partial charge in [0.1, 0.15) is 0 Å². The van der Waals surface area contributed by atoms with Crippen LogP contribution in [0.4, 0.5) is 0 Å². The molecule has 1 saturated carbocycles. The van der Waals surface area contributed by atoms with Crippen LogP contribution in [0.2, 0.25) is 0 Å². The fourth-order valence-corrected chi connectivity index (χ4v) is 4.16. The molecule has 1 aliphatic heterocycles. The number of nitrogens with zero attached hydrogens (tertiary/aromatic N) is 1. The third-order valence-corrected chi connectivity index (χ3v) is 5.94. The number of carbonyl (C=O) groups excluding carboxylic acids is 1. The Morgan fingerprint density at radius 1 is 1.20 bits per heavy atom. The van der Waals surface area contributed by atoms with Gasteiger partial charge in [0.2, 0.25) is 0 Å². The standard InChI is InChI=1S/C17H22BrNO/c1-12-15(7-4-8-16(12)18)17(20)19-10-9-13-5-2-3-6-14(13)11-19/h4,7-8,13-14H,2-3,5-6,9-11H2,1H3. The van der Waals surface area contributed by atoms with Gasteiger partial charge in [-0.25, -0.2) is 0 Å². The molecule has 2 nitrogen and oxygen atoms in total. The number of fused-ring (bicyclic) bond motifs is 1. The summed E-state index contributed by atoms with van der Waals surface area (Å²) in [6, 6.07) is 5.91. The third kappa shape index (κ3) is 2.65. The molecule has 108 valence electrons. The molecule has 1 heterocycles. The van der Waals surface area contributed by atoms with E-state index in [1.54, 1.807) is 0 Å². The Bertz CT molecular complexity index is 514. The summed E-state index contributed by atoms with van der Waals surface area (Å²) < 4.78 is 1.02. The van der Waals surface area contributed by atoms with Crippen molar-refractivity contribution in [2.45, 2.75) is 39.0 Å². The molecule has 1 saturated heterocycles. The van der Waals surface area contributed by atoms with E-state index in [0.29, 0.717) is 0 Å². The molecule has 1 amide bonds. The van der Waals surface area contributed by atoms with Crippen molar-refractivity contribution < 1.29 is 4.79 Å². The molecule has 2 atom stereocenters. The van der Waals surface area contributed by atoms with Crippen LogP contribution in [-0.4, -0.2) is 23.9 Å². The molecule has 3 heteroatoms. The SMILES string of the molecule is Cc1c(Br)cccc1C(=O)N1CCC2CCCCC2C1. The van der Waals surface area contributed by atoms with E-state index in [0.717, 1.165) is 40.5 Å². The predicted molar refractivity (Wildman–Crippen MR) is 84.8 cm³/mol. The fraction of sp³-hybridized carbons (Fsp3) is 0.588. The summed E-state index contributed by atoms with van der Waals surface area (Å²) in [5.74, 6) is 1.83. The third-order valence-electron chi connectivity index (χ3n) is 5.08. The van der Waals surface area contributed by atoms with Gasteiger partial charge in [-0.1, -0.05) is 41.3 Å². The van der Waals surface area contributed by atoms with E-state index in [2.05, 4.69) is 20.8 Å². The maximum Gasteiger partial charge on any atom is 0.254 e. The first-order valence-electron chi connectivity index (χ1n) is 7.71. The highest BCUT2D eigenvalue weighted by molar-refractivity contribution is 9.10. The number of likely N-dealkylation sites (tertiary alicyclic amines) is 1. The molecule has 0 radical (unpaired) electrons. The minimum absolute atomic E-state index is 0.216. The Morgan fingerprint density at radius 2 is 1.95 bits per heavy atom. The number of carbonyl (C=O) groups is 1. The van der Waals surface area contributed by atoms with E-state index in [4.69, 9.17) is 0 Å². The normalized spacial score (nSPS) is 26.2. The van der Waals surface area contributed by atoms with E-state index in [-0.39, 0.29) is 5.91 Å². The van der Waals surface area contributed by atoms with Crippen LogP contribution >= 0.6 is 15.9 Å². The maximum atomic E-state index is 12.8. The van der Waals surface area contributed by atoms with E-state index >= 15 is 0 Å². The van der Waals surface area contributed by atoms with Gasteiger partial charge in [0, 0.05) is 23.1 Å². The zero-order valence-corrected chi connectivity index (χ0v) is 13.7. The lowest BCUT2D eigenvalue weighted by Crippen LogP contribution is -2.44. The van der Waals surface area contributed by atoms with Crippen LogP contribution < -0.4 is 0 Å². The van der Waals surface area contributed by atoms with Gasteiger partial charge >= 0.3 is 0 Å². The number of rotatable bonds is 1. The molecule has 2 aliphatic rings. The highest BCUT2D eigenvalue weighted by atomic mass is 79.9. The van der Waals surface area contributed by atoms with Gasteiger partial charge in [-0.15, -0.1) is 0 Å². The second-order valence-corrected chi connectivity index (χ2v) is 7.11. The van der Waals surface area contributed by atoms with E-state index < -0.39 is 0 Å². The van der Waals surface area contributed by atoms with Crippen molar-refractivity contribution in [3.8, 4) is 0 Å². The number of benzene rings is 1. The zero-order valence-electron chi connectivity index (χ0n) is 12.1. The Labute approximate surface area is 129 Å². The van der Waals surface area contributed by atoms with Crippen LogP contribution in [0.1, 0.15) is 48.0 Å². The van der Waals surface area contributed by atoms with Gasteiger partial charge in [-0.3, -0.25) is 4.79 Å². The lowest BCUT2D eigenvalue weighted by Gasteiger charge is -2.41. The van der Waals surface area contributed by atoms with Crippen LogP contribution in [0, 0.1) is 18.8 Å². The Hall–Kier alpha value is -0.830. The lowest BCUT2D eigenvalue weighted by atomic mass is 9.75. The van der Waals surface area contributed by atoms with Crippen molar-refractivity contribution in [2.24, 2.45) is 11.8 Å². The molecule has 3 rings (SSSR count). The summed E-state index contributed by atoms with van der Waals surface area (Å²) in [7, 11) is 0. The first kappa shape index (κ1) is 14.1. The summed E-state index contributed by atoms with van der Waals surface area (Å²) in [5, 5.41) is 0. The minimum Gasteiger partial charge on any atom is -0.338 e. The van der Waals surface area contributed by atoms with E-state index in [1.165, 1.54) is 32.1 Å². The Kier molecular flexibility index (Phi) is 4.16. The monoisotopic (exact) mass is 335 g/mol. The van der Waals surface area contributed by atoms with Crippen LogP contribution in [0.15, 0.2) is 22.7 Å². The molecule has 1 aliphatic carbocycles. The van der Waals surface area contributed by atoms with E-state index in [9.17, 15) is 4.79 Å². The van der Waals surface area contributed by atoms with E-state index in [1.807, 2.05) is 25.1 Å². The lowest BCUT2D eigenvalue weighted by molar-refractivity contribution is 0.0520. The molecule has 0 bridgehead atoms. The predicted octanol–water partition coefficient (Wildman–Crippen LogP) is 4.41. The fourth-order valence-electron chi connectivity index (χ4n) is 3.79. The Morgan fingerprint density at radius 3 is 2.75 bits per heavy atom. The number of amides is 1. The molecule has 0 aromatic heterocycles. The van der Waals surface area contributed by atoms with Crippen LogP contribution in [0.25, 0.3) is 0 Å². The number of piperidine rings is 1.